The lowest BCUT2D eigenvalue weighted by Crippen LogP contribution is -2.03. The van der Waals surface area contributed by atoms with Crippen molar-refractivity contribution < 1.29 is 9.31 Å². The Balaban J connectivity index is 2.19. The van der Waals surface area contributed by atoms with Gasteiger partial charge in [0.1, 0.15) is 5.82 Å². The molecule has 0 radical (unpaired) electrons. The molecule has 7 heteroatoms. The zero-order valence-electron chi connectivity index (χ0n) is 10.1. The largest absolute Gasteiger partial charge is 0.378 e. The quantitative estimate of drug-likeness (QED) is 0.585. The van der Waals surface area contributed by atoms with E-state index in [0.717, 1.165) is 0 Å². The molecule has 0 aliphatic rings. The maximum absolute atomic E-state index is 13.6. The van der Waals surface area contributed by atoms with Crippen molar-refractivity contribution in [2.24, 2.45) is 0 Å². The summed E-state index contributed by atoms with van der Waals surface area (Å²) in [4.78, 5) is 10.4. The summed E-state index contributed by atoms with van der Waals surface area (Å²) in [5, 5.41) is 13.8. The number of nitro benzene ring substituents is 1. The molecule has 0 heterocycles. The van der Waals surface area contributed by atoms with Gasteiger partial charge in [0.2, 0.25) is 0 Å². The molecule has 104 valence electrons. The van der Waals surface area contributed by atoms with Crippen LogP contribution in [0, 0.1) is 15.9 Å². The number of rotatable bonds is 4. The van der Waals surface area contributed by atoms with Gasteiger partial charge in [-0.3, -0.25) is 10.1 Å². The third-order valence-corrected chi connectivity index (χ3v) is 3.97. The maximum atomic E-state index is 13.6. The number of nitro groups is 1. The van der Waals surface area contributed by atoms with E-state index in [2.05, 4.69) is 37.2 Å². The van der Waals surface area contributed by atoms with Gasteiger partial charge in [-0.2, -0.15) is 0 Å². The molecule has 0 aliphatic carbocycles. The zero-order valence-corrected chi connectivity index (χ0v) is 13.2. The van der Waals surface area contributed by atoms with Gasteiger partial charge in [0, 0.05) is 17.1 Å². The topological polar surface area (TPSA) is 55.2 Å². The number of hydrogen-bond donors (Lipinski definition) is 1. The standard InChI is InChI=1S/C13H9Br2FN2O2/c14-9-5-4-8(6-12(9)18(19)20)7-17-13-10(15)2-1-3-11(13)16/h1-6,17H,7H2. The molecule has 0 fully saturated rings. The van der Waals surface area contributed by atoms with E-state index < -0.39 is 4.92 Å². The van der Waals surface area contributed by atoms with Gasteiger partial charge in [-0.15, -0.1) is 0 Å². The molecule has 0 amide bonds. The van der Waals surface area contributed by atoms with Crippen LogP contribution in [0.25, 0.3) is 0 Å². The zero-order chi connectivity index (χ0) is 14.7. The molecular formula is C13H9Br2FN2O2. The minimum absolute atomic E-state index is 0.0168. The summed E-state index contributed by atoms with van der Waals surface area (Å²) >= 11 is 6.37. The van der Waals surface area contributed by atoms with E-state index in [1.54, 1.807) is 24.3 Å². The van der Waals surface area contributed by atoms with Crippen molar-refractivity contribution in [1.82, 2.24) is 0 Å². The van der Waals surface area contributed by atoms with Crippen LogP contribution in [-0.2, 0) is 6.54 Å². The molecule has 0 bridgehead atoms. The lowest BCUT2D eigenvalue weighted by molar-refractivity contribution is -0.385. The van der Waals surface area contributed by atoms with Crippen molar-refractivity contribution >= 4 is 43.2 Å². The summed E-state index contributed by atoms with van der Waals surface area (Å²) in [6, 6.07) is 9.44. The molecule has 4 nitrogen and oxygen atoms in total. The van der Waals surface area contributed by atoms with Crippen LogP contribution in [0.15, 0.2) is 45.3 Å². The molecule has 2 rings (SSSR count). The highest BCUT2D eigenvalue weighted by Crippen LogP contribution is 2.28. The van der Waals surface area contributed by atoms with Gasteiger partial charge in [-0.25, -0.2) is 4.39 Å². The predicted molar refractivity (Wildman–Crippen MR) is 82.2 cm³/mol. The minimum atomic E-state index is -0.466. The van der Waals surface area contributed by atoms with Crippen molar-refractivity contribution in [3.63, 3.8) is 0 Å². The first-order valence-electron chi connectivity index (χ1n) is 5.59. The summed E-state index contributed by atoms with van der Waals surface area (Å²) in [6.07, 6.45) is 0. The Morgan fingerprint density at radius 1 is 1.20 bits per heavy atom. The summed E-state index contributed by atoms with van der Waals surface area (Å²) < 4.78 is 14.6. The molecule has 0 atom stereocenters. The Bertz CT molecular complexity index is 645. The molecule has 0 spiro atoms. The molecule has 20 heavy (non-hydrogen) atoms. The van der Waals surface area contributed by atoms with Gasteiger partial charge >= 0.3 is 0 Å². The molecule has 0 saturated carbocycles. The van der Waals surface area contributed by atoms with Crippen molar-refractivity contribution in [3.05, 3.63) is 66.8 Å². The van der Waals surface area contributed by atoms with Gasteiger partial charge in [0.25, 0.3) is 5.69 Å². The number of nitrogens with zero attached hydrogens (tertiary/aromatic N) is 1. The molecule has 0 unspecified atom stereocenters. The lowest BCUT2D eigenvalue weighted by Gasteiger charge is -2.09. The van der Waals surface area contributed by atoms with E-state index in [1.807, 2.05) is 0 Å². The lowest BCUT2D eigenvalue weighted by atomic mass is 10.2. The first kappa shape index (κ1) is 14.9. The van der Waals surface area contributed by atoms with Crippen molar-refractivity contribution in [1.29, 1.82) is 0 Å². The van der Waals surface area contributed by atoms with Gasteiger partial charge < -0.3 is 5.32 Å². The van der Waals surface area contributed by atoms with Crippen LogP contribution in [0.3, 0.4) is 0 Å². The Morgan fingerprint density at radius 2 is 1.95 bits per heavy atom. The summed E-state index contributed by atoms with van der Waals surface area (Å²) in [5.74, 6) is -0.383. The average Bonchev–Trinajstić information content (AvgIpc) is 2.39. The number of para-hydroxylation sites is 1. The van der Waals surface area contributed by atoms with Crippen LogP contribution in [0.5, 0.6) is 0 Å². The van der Waals surface area contributed by atoms with E-state index >= 15 is 0 Å². The van der Waals surface area contributed by atoms with Gasteiger partial charge in [0.05, 0.1) is 15.1 Å². The van der Waals surface area contributed by atoms with Crippen LogP contribution in [-0.4, -0.2) is 4.92 Å². The van der Waals surface area contributed by atoms with Crippen LogP contribution >= 0.6 is 31.9 Å². The van der Waals surface area contributed by atoms with E-state index in [9.17, 15) is 14.5 Å². The fourth-order valence-electron chi connectivity index (χ4n) is 1.67. The van der Waals surface area contributed by atoms with Crippen LogP contribution in [0.2, 0.25) is 0 Å². The number of halogens is 3. The normalized spacial score (nSPS) is 10.3. The van der Waals surface area contributed by atoms with Crippen molar-refractivity contribution in [2.45, 2.75) is 6.54 Å². The number of nitrogens with one attached hydrogen (secondary N) is 1. The van der Waals surface area contributed by atoms with E-state index in [4.69, 9.17) is 0 Å². The van der Waals surface area contributed by atoms with E-state index in [1.165, 1.54) is 12.1 Å². The fraction of sp³-hybridized carbons (Fsp3) is 0.0769. The number of hydrogen-bond acceptors (Lipinski definition) is 3. The highest BCUT2D eigenvalue weighted by atomic mass is 79.9. The summed E-state index contributed by atoms with van der Waals surface area (Å²) in [6.45, 7) is 0.285. The molecule has 0 aliphatic heterocycles. The molecule has 1 N–H and O–H groups in total. The highest BCUT2D eigenvalue weighted by molar-refractivity contribution is 9.11. The SMILES string of the molecule is O=[N+]([O-])c1cc(CNc2c(F)cccc2Br)ccc1Br. The summed E-state index contributed by atoms with van der Waals surface area (Å²) in [7, 11) is 0. The van der Waals surface area contributed by atoms with Crippen LogP contribution < -0.4 is 5.32 Å². The van der Waals surface area contributed by atoms with Crippen LogP contribution in [0.1, 0.15) is 5.56 Å². The van der Waals surface area contributed by atoms with Crippen molar-refractivity contribution in [3.8, 4) is 0 Å². The Hall–Kier alpha value is -1.47. The minimum Gasteiger partial charge on any atom is -0.378 e. The van der Waals surface area contributed by atoms with E-state index in [-0.39, 0.29) is 18.0 Å². The highest BCUT2D eigenvalue weighted by Gasteiger charge is 2.13. The molecule has 2 aromatic rings. The monoisotopic (exact) mass is 402 g/mol. The van der Waals surface area contributed by atoms with Crippen molar-refractivity contribution in [2.75, 3.05) is 5.32 Å². The second kappa shape index (κ2) is 6.32. The summed E-state index contributed by atoms with van der Waals surface area (Å²) in [5.41, 5.74) is 1.00. The Morgan fingerprint density at radius 3 is 2.60 bits per heavy atom. The fourth-order valence-corrected chi connectivity index (χ4v) is 2.54. The molecule has 0 saturated heterocycles. The Kier molecular flexibility index (Phi) is 4.72. The molecular weight excluding hydrogens is 395 g/mol. The second-order valence-corrected chi connectivity index (χ2v) is 5.70. The van der Waals surface area contributed by atoms with Gasteiger partial charge in [-0.1, -0.05) is 12.1 Å². The third kappa shape index (κ3) is 3.34. The smallest absolute Gasteiger partial charge is 0.283 e. The third-order valence-electron chi connectivity index (χ3n) is 2.64. The second-order valence-electron chi connectivity index (χ2n) is 3.99. The first-order chi connectivity index (χ1) is 9.49. The number of anilines is 1. The molecule has 0 aromatic heterocycles. The average molecular weight is 404 g/mol. The molecule has 2 aromatic carbocycles. The predicted octanol–water partition coefficient (Wildman–Crippen LogP) is 4.87. The first-order valence-corrected chi connectivity index (χ1v) is 7.18. The van der Waals surface area contributed by atoms with Gasteiger partial charge in [0.15, 0.2) is 0 Å². The Labute approximate surface area is 131 Å². The van der Waals surface area contributed by atoms with Gasteiger partial charge in [-0.05, 0) is 55.6 Å². The number of benzene rings is 2. The maximum Gasteiger partial charge on any atom is 0.283 e. The van der Waals surface area contributed by atoms with Crippen LogP contribution in [0.4, 0.5) is 15.8 Å². The van der Waals surface area contributed by atoms with E-state index in [0.29, 0.717) is 20.2 Å².